The van der Waals surface area contributed by atoms with Crippen LogP contribution in [0.5, 0.6) is 0 Å². The van der Waals surface area contributed by atoms with Gasteiger partial charge in [0.05, 0.1) is 18.9 Å². The normalized spacial score (nSPS) is 13.9. The van der Waals surface area contributed by atoms with E-state index in [9.17, 15) is 33.9 Å². The molecule has 36 heavy (non-hydrogen) atoms. The molecule has 13 nitrogen and oxygen atoms in total. The predicted molar refractivity (Wildman–Crippen MR) is 131 cm³/mol. The topological polar surface area (TPSA) is 231 Å². The van der Waals surface area contributed by atoms with E-state index in [1.165, 1.54) is 11.8 Å². The number of benzene rings is 1. The first-order valence-electron chi connectivity index (χ1n) is 10.9. The lowest BCUT2D eigenvalue weighted by Gasteiger charge is -2.25. The summed E-state index contributed by atoms with van der Waals surface area (Å²) in [7, 11) is 0. The first kappa shape index (κ1) is 30.4. The van der Waals surface area contributed by atoms with Gasteiger partial charge in [-0.3, -0.25) is 24.0 Å². The van der Waals surface area contributed by atoms with Crippen molar-refractivity contribution in [3.8, 4) is 0 Å². The lowest BCUT2D eigenvalue weighted by molar-refractivity contribution is -0.142. The van der Waals surface area contributed by atoms with Crippen LogP contribution in [0.25, 0.3) is 0 Å². The number of amides is 4. The first-order chi connectivity index (χ1) is 16.9. The van der Waals surface area contributed by atoms with E-state index >= 15 is 0 Å². The van der Waals surface area contributed by atoms with E-state index < -0.39 is 72.6 Å². The zero-order chi connectivity index (χ0) is 27.3. The van der Waals surface area contributed by atoms with E-state index in [-0.39, 0.29) is 12.8 Å². The van der Waals surface area contributed by atoms with Crippen molar-refractivity contribution < 1.29 is 39.0 Å². The fraction of sp³-hybridized carbons (Fsp3) is 0.455. The average Bonchev–Trinajstić information content (AvgIpc) is 2.80. The van der Waals surface area contributed by atoms with Crippen LogP contribution in [0, 0.1) is 0 Å². The highest BCUT2D eigenvalue weighted by molar-refractivity contribution is 7.98. The molecule has 9 N–H and O–H groups in total. The number of nitrogens with two attached hydrogens (primary N) is 2. The standard InChI is InChI=1S/C22H31N5O8S/c1-36-8-7-14(22(34)35)25-20(32)15(9-12-5-3-2-4-6-12)27-21(33)16(11-17(24)28)26-19(31)13(23)10-18(29)30/h2-6,13-16H,7-11,23H2,1H3,(H2,24,28)(H,25,32)(H,26,31)(H,27,33)(H,29,30)(H,34,35). The van der Waals surface area contributed by atoms with Crippen molar-refractivity contribution in [1.29, 1.82) is 0 Å². The highest BCUT2D eigenvalue weighted by Crippen LogP contribution is 2.07. The fourth-order valence-corrected chi connectivity index (χ4v) is 3.54. The Hall–Kier alpha value is -3.65. The van der Waals surface area contributed by atoms with Crippen molar-refractivity contribution in [2.75, 3.05) is 12.0 Å². The molecule has 0 saturated carbocycles. The van der Waals surface area contributed by atoms with Gasteiger partial charge in [0.2, 0.25) is 23.6 Å². The summed E-state index contributed by atoms with van der Waals surface area (Å²) in [6, 6.07) is 3.06. The van der Waals surface area contributed by atoms with Crippen molar-refractivity contribution in [2.45, 2.75) is 49.9 Å². The second-order valence-electron chi connectivity index (χ2n) is 7.87. The van der Waals surface area contributed by atoms with Crippen LogP contribution in [-0.2, 0) is 35.2 Å². The summed E-state index contributed by atoms with van der Waals surface area (Å²) in [5.41, 5.74) is 11.3. The van der Waals surface area contributed by atoms with Crippen LogP contribution in [-0.4, -0.2) is 82.0 Å². The van der Waals surface area contributed by atoms with E-state index in [0.29, 0.717) is 11.3 Å². The molecule has 4 amide bonds. The summed E-state index contributed by atoms with van der Waals surface area (Å²) in [4.78, 5) is 72.1. The molecule has 0 saturated heterocycles. The molecule has 0 fully saturated rings. The number of aliphatic carboxylic acids is 2. The monoisotopic (exact) mass is 525 g/mol. The summed E-state index contributed by atoms with van der Waals surface area (Å²) < 4.78 is 0. The Labute approximate surface area is 211 Å². The molecule has 4 atom stereocenters. The van der Waals surface area contributed by atoms with Crippen LogP contribution < -0.4 is 27.4 Å². The Morgan fingerprint density at radius 2 is 1.42 bits per heavy atom. The second kappa shape index (κ2) is 15.4. The molecule has 0 aliphatic carbocycles. The van der Waals surface area contributed by atoms with Crippen LogP contribution in [0.4, 0.5) is 0 Å². The van der Waals surface area contributed by atoms with Crippen molar-refractivity contribution in [3.05, 3.63) is 35.9 Å². The van der Waals surface area contributed by atoms with Gasteiger partial charge in [-0.2, -0.15) is 11.8 Å². The maximum absolute atomic E-state index is 13.0. The smallest absolute Gasteiger partial charge is 0.326 e. The molecule has 0 spiro atoms. The zero-order valence-corrected chi connectivity index (χ0v) is 20.5. The Morgan fingerprint density at radius 1 is 0.861 bits per heavy atom. The fourth-order valence-electron chi connectivity index (χ4n) is 3.07. The number of carbonyl (C=O) groups is 6. The predicted octanol–water partition coefficient (Wildman–Crippen LogP) is -1.80. The molecule has 0 aromatic heterocycles. The molecule has 4 unspecified atom stereocenters. The van der Waals surface area contributed by atoms with E-state index in [1.54, 1.807) is 36.6 Å². The van der Waals surface area contributed by atoms with Crippen LogP contribution in [0.1, 0.15) is 24.8 Å². The number of primary amides is 1. The summed E-state index contributed by atoms with van der Waals surface area (Å²) in [6.07, 6.45) is 0.540. The molecule has 0 aliphatic heterocycles. The molecule has 14 heteroatoms. The van der Waals surface area contributed by atoms with Gasteiger partial charge >= 0.3 is 11.9 Å². The van der Waals surface area contributed by atoms with Gasteiger partial charge in [-0.1, -0.05) is 30.3 Å². The molecule has 1 rings (SSSR count). The number of carboxylic acids is 2. The summed E-state index contributed by atoms with van der Waals surface area (Å²) in [5.74, 6) is -5.82. The molecular formula is C22H31N5O8S. The van der Waals surface area contributed by atoms with Crippen molar-refractivity contribution in [1.82, 2.24) is 16.0 Å². The van der Waals surface area contributed by atoms with Crippen LogP contribution in [0.2, 0.25) is 0 Å². The minimum Gasteiger partial charge on any atom is -0.481 e. The van der Waals surface area contributed by atoms with E-state index in [2.05, 4.69) is 16.0 Å². The lowest BCUT2D eigenvalue weighted by atomic mass is 10.0. The molecule has 0 aliphatic rings. The van der Waals surface area contributed by atoms with Gasteiger partial charge in [-0.05, 0) is 24.0 Å². The van der Waals surface area contributed by atoms with Gasteiger partial charge in [-0.25, -0.2) is 4.79 Å². The van der Waals surface area contributed by atoms with Crippen LogP contribution >= 0.6 is 11.8 Å². The van der Waals surface area contributed by atoms with Gasteiger partial charge in [0.15, 0.2) is 0 Å². The maximum Gasteiger partial charge on any atom is 0.326 e. The number of rotatable bonds is 16. The molecular weight excluding hydrogens is 494 g/mol. The van der Waals surface area contributed by atoms with E-state index in [0.717, 1.165) is 0 Å². The quantitative estimate of drug-likeness (QED) is 0.128. The number of hydrogen-bond acceptors (Lipinski definition) is 8. The second-order valence-corrected chi connectivity index (χ2v) is 8.85. The first-order valence-corrected chi connectivity index (χ1v) is 12.3. The third-order valence-corrected chi connectivity index (χ3v) is 5.55. The van der Waals surface area contributed by atoms with Crippen LogP contribution in [0.15, 0.2) is 30.3 Å². The third kappa shape index (κ3) is 11.2. The van der Waals surface area contributed by atoms with E-state index in [1.807, 2.05) is 0 Å². The van der Waals surface area contributed by atoms with Gasteiger partial charge in [0.1, 0.15) is 18.1 Å². The maximum atomic E-state index is 13.0. The lowest BCUT2D eigenvalue weighted by Crippen LogP contribution is -2.58. The minimum absolute atomic E-state index is 0.0248. The third-order valence-electron chi connectivity index (χ3n) is 4.91. The molecule has 0 bridgehead atoms. The van der Waals surface area contributed by atoms with Crippen molar-refractivity contribution >= 4 is 47.3 Å². The van der Waals surface area contributed by atoms with Gasteiger partial charge in [0.25, 0.3) is 0 Å². The summed E-state index contributed by atoms with van der Waals surface area (Å²) >= 11 is 1.40. The molecule has 198 valence electrons. The zero-order valence-electron chi connectivity index (χ0n) is 19.6. The highest BCUT2D eigenvalue weighted by atomic mass is 32.2. The minimum atomic E-state index is -1.55. The number of thioether (sulfide) groups is 1. The van der Waals surface area contributed by atoms with Gasteiger partial charge < -0.3 is 37.6 Å². The molecule has 0 heterocycles. The van der Waals surface area contributed by atoms with E-state index in [4.69, 9.17) is 16.6 Å². The summed E-state index contributed by atoms with van der Waals surface area (Å²) in [6.45, 7) is 0. The number of nitrogens with one attached hydrogen (secondary N) is 3. The van der Waals surface area contributed by atoms with Gasteiger partial charge in [0, 0.05) is 6.42 Å². The molecule has 1 aromatic rings. The Morgan fingerprint density at radius 3 is 1.94 bits per heavy atom. The largest absolute Gasteiger partial charge is 0.481 e. The van der Waals surface area contributed by atoms with Crippen LogP contribution in [0.3, 0.4) is 0 Å². The Balaban J connectivity index is 3.11. The van der Waals surface area contributed by atoms with Gasteiger partial charge in [-0.15, -0.1) is 0 Å². The number of hydrogen-bond donors (Lipinski definition) is 7. The SMILES string of the molecule is CSCCC(NC(=O)C(Cc1ccccc1)NC(=O)C(CC(N)=O)NC(=O)C(N)CC(=O)O)C(=O)O. The Kier molecular flexibility index (Phi) is 13.0. The Bertz CT molecular complexity index is 946. The van der Waals surface area contributed by atoms with Crippen molar-refractivity contribution in [3.63, 3.8) is 0 Å². The summed E-state index contributed by atoms with van der Waals surface area (Å²) in [5, 5.41) is 25.3. The highest BCUT2D eigenvalue weighted by Gasteiger charge is 2.31. The molecule has 0 radical (unpaired) electrons. The average molecular weight is 526 g/mol. The van der Waals surface area contributed by atoms with Crippen molar-refractivity contribution in [2.24, 2.45) is 11.5 Å². The number of carboxylic acid groups (broad SMARTS) is 2. The number of carbonyl (C=O) groups excluding carboxylic acids is 4. The molecule has 1 aromatic carbocycles.